The normalized spacial score (nSPS) is 14.7. The molecule has 1 saturated heterocycles. The Hall–Kier alpha value is -2.54. The molecule has 1 aromatic carbocycles. The summed E-state index contributed by atoms with van der Waals surface area (Å²) in [5.74, 6) is 0.958. The van der Waals surface area contributed by atoms with Crippen molar-refractivity contribution in [3.8, 4) is 0 Å². The molecule has 0 spiro atoms. The lowest BCUT2D eigenvalue weighted by atomic mass is 10.2. The van der Waals surface area contributed by atoms with E-state index in [2.05, 4.69) is 51.0 Å². The molecule has 7 heteroatoms. The van der Waals surface area contributed by atoms with Crippen LogP contribution in [0.4, 0.5) is 16.3 Å². The van der Waals surface area contributed by atoms with Crippen LogP contribution < -0.4 is 10.2 Å². The van der Waals surface area contributed by atoms with Crippen LogP contribution >= 0.6 is 15.9 Å². The molecule has 0 unspecified atom stereocenters. The maximum atomic E-state index is 13.0. The Kier molecular flexibility index (Phi) is 5.26. The van der Waals surface area contributed by atoms with Crippen molar-refractivity contribution in [1.29, 1.82) is 0 Å². The lowest BCUT2D eigenvalue weighted by Crippen LogP contribution is -2.50. The number of hydrogen-bond donors (Lipinski definition) is 1. The molecule has 28 heavy (non-hydrogen) atoms. The second kappa shape index (κ2) is 7.83. The molecule has 0 saturated carbocycles. The van der Waals surface area contributed by atoms with Gasteiger partial charge in [0.15, 0.2) is 5.82 Å². The van der Waals surface area contributed by atoms with Crippen LogP contribution in [0.5, 0.6) is 0 Å². The van der Waals surface area contributed by atoms with Crippen LogP contribution in [0.1, 0.15) is 13.8 Å². The molecule has 1 fully saturated rings. The number of benzene rings is 1. The van der Waals surface area contributed by atoms with Gasteiger partial charge in [-0.2, -0.15) is 0 Å². The van der Waals surface area contributed by atoms with Crippen molar-refractivity contribution in [2.45, 2.75) is 19.9 Å². The van der Waals surface area contributed by atoms with Gasteiger partial charge >= 0.3 is 6.03 Å². The zero-order valence-electron chi connectivity index (χ0n) is 16.1. The second-order valence-electron chi connectivity index (χ2n) is 7.32. The van der Waals surface area contributed by atoms with Crippen LogP contribution in [0.3, 0.4) is 0 Å². The fourth-order valence-electron chi connectivity index (χ4n) is 3.61. The molecule has 0 atom stereocenters. The molecular formula is C21H24BrN5O. The van der Waals surface area contributed by atoms with E-state index in [1.54, 1.807) is 4.57 Å². The van der Waals surface area contributed by atoms with Crippen molar-refractivity contribution >= 4 is 44.4 Å². The first-order valence-electron chi connectivity index (χ1n) is 9.55. The van der Waals surface area contributed by atoms with Gasteiger partial charge in [0, 0.05) is 54.5 Å². The van der Waals surface area contributed by atoms with Gasteiger partial charge in [0.05, 0.1) is 11.2 Å². The van der Waals surface area contributed by atoms with Gasteiger partial charge in [-0.05, 0) is 50.2 Å². The number of pyridine rings is 1. The van der Waals surface area contributed by atoms with Gasteiger partial charge in [0.1, 0.15) is 0 Å². The van der Waals surface area contributed by atoms with Crippen molar-refractivity contribution < 1.29 is 4.79 Å². The Morgan fingerprint density at radius 1 is 1.14 bits per heavy atom. The number of carbonyl (C=O) groups is 1. The minimum absolute atomic E-state index is 0.0264. The standard InChI is InChI=1S/C21H24BrN5O/c1-15(2)24-18-4-3-8-23-20(18)25-10-12-26(13-11-25)21(28)27-9-7-16-14-17(22)5-6-19(16)27/h3-9,14-15,24H,10-13H2,1-2H3. The van der Waals surface area contributed by atoms with E-state index in [0.29, 0.717) is 19.1 Å². The summed E-state index contributed by atoms with van der Waals surface area (Å²) in [5.41, 5.74) is 1.98. The molecule has 3 heterocycles. The van der Waals surface area contributed by atoms with Crippen LogP contribution in [0.25, 0.3) is 10.9 Å². The van der Waals surface area contributed by atoms with Gasteiger partial charge in [-0.3, -0.25) is 4.57 Å². The van der Waals surface area contributed by atoms with Crippen molar-refractivity contribution in [3.63, 3.8) is 0 Å². The molecule has 2 aromatic heterocycles. The minimum atomic E-state index is 0.0264. The number of aromatic nitrogens is 2. The van der Waals surface area contributed by atoms with E-state index in [9.17, 15) is 4.79 Å². The second-order valence-corrected chi connectivity index (χ2v) is 8.23. The molecule has 1 aliphatic heterocycles. The van der Waals surface area contributed by atoms with Crippen LogP contribution in [-0.4, -0.2) is 52.7 Å². The van der Waals surface area contributed by atoms with Gasteiger partial charge in [0.25, 0.3) is 0 Å². The molecule has 6 nitrogen and oxygen atoms in total. The number of nitrogens with zero attached hydrogens (tertiary/aromatic N) is 4. The van der Waals surface area contributed by atoms with E-state index in [1.807, 2.05) is 47.6 Å². The molecule has 1 amide bonds. The Bertz CT molecular complexity index is 991. The maximum absolute atomic E-state index is 13.0. The number of nitrogens with one attached hydrogen (secondary N) is 1. The summed E-state index contributed by atoms with van der Waals surface area (Å²) < 4.78 is 2.75. The fourth-order valence-corrected chi connectivity index (χ4v) is 3.99. The molecule has 1 N–H and O–H groups in total. The largest absolute Gasteiger partial charge is 0.380 e. The predicted octanol–water partition coefficient (Wildman–Crippen LogP) is 4.41. The number of carbonyl (C=O) groups excluding carboxylic acids is 1. The van der Waals surface area contributed by atoms with Crippen molar-refractivity contribution in [2.24, 2.45) is 0 Å². The highest BCUT2D eigenvalue weighted by atomic mass is 79.9. The Morgan fingerprint density at radius 2 is 1.93 bits per heavy atom. The lowest BCUT2D eigenvalue weighted by molar-refractivity contribution is 0.197. The molecule has 0 bridgehead atoms. The average molecular weight is 442 g/mol. The summed E-state index contributed by atoms with van der Waals surface area (Å²) in [4.78, 5) is 21.8. The smallest absolute Gasteiger partial charge is 0.328 e. The molecule has 0 aliphatic carbocycles. The van der Waals surface area contributed by atoms with E-state index < -0.39 is 0 Å². The Labute approximate surface area is 173 Å². The summed E-state index contributed by atoms with van der Waals surface area (Å²) >= 11 is 3.48. The summed E-state index contributed by atoms with van der Waals surface area (Å²) in [5, 5.41) is 4.51. The van der Waals surface area contributed by atoms with E-state index in [1.165, 1.54) is 0 Å². The number of halogens is 1. The van der Waals surface area contributed by atoms with E-state index in [0.717, 1.165) is 40.0 Å². The van der Waals surface area contributed by atoms with Crippen molar-refractivity contribution in [3.05, 3.63) is 53.3 Å². The maximum Gasteiger partial charge on any atom is 0.328 e. The van der Waals surface area contributed by atoms with Crippen LogP contribution in [-0.2, 0) is 0 Å². The number of fused-ring (bicyclic) bond motifs is 1. The topological polar surface area (TPSA) is 53.4 Å². The molecule has 146 valence electrons. The van der Waals surface area contributed by atoms with Crippen molar-refractivity contribution in [1.82, 2.24) is 14.5 Å². The van der Waals surface area contributed by atoms with Crippen LogP contribution in [0, 0.1) is 0 Å². The summed E-state index contributed by atoms with van der Waals surface area (Å²) in [6.45, 7) is 7.11. The highest BCUT2D eigenvalue weighted by molar-refractivity contribution is 9.10. The quantitative estimate of drug-likeness (QED) is 0.653. The summed E-state index contributed by atoms with van der Waals surface area (Å²) in [6, 6.07) is 12.3. The van der Waals surface area contributed by atoms with Crippen LogP contribution in [0.2, 0.25) is 0 Å². The van der Waals surface area contributed by atoms with Gasteiger partial charge in [-0.15, -0.1) is 0 Å². The van der Waals surface area contributed by atoms with Gasteiger partial charge in [-0.1, -0.05) is 15.9 Å². The average Bonchev–Trinajstić information content (AvgIpc) is 3.10. The van der Waals surface area contributed by atoms with Gasteiger partial charge in [0.2, 0.25) is 0 Å². The number of anilines is 2. The number of hydrogen-bond acceptors (Lipinski definition) is 4. The molecule has 4 rings (SSSR count). The zero-order valence-corrected chi connectivity index (χ0v) is 17.7. The van der Waals surface area contributed by atoms with Crippen molar-refractivity contribution in [2.75, 3.05) is 36.4 Å². The van der Waals surface area contributed by atoms with E-state index >= 15 is 0 Å². The Morgan fingerprint density at radius 3 is 2.68 bits per heavy atom. The monoisotopic (exact) mass is 441 g/mol. The summed E-state index contributed by atoms with van der Waals surface area (Å²) in [7, 11) is 0. The SMILES string of the molecule is CC(C)Nc1cccnc1N1CCN(C(=O)n2ccc3cc(Br)ccc32)CC1. The first-order valence-corrected chi connectivity index (χ1v) is 10.3. The first kappa shape index (κ1) is 18.8. The third-order valence-electron chi connectivity index (χ3n) is 4.94. The third kappa shape index (κ3) is 3.71. The fraction of sp³-hybridized carbons (Fsp3) is 0.333. The lowest BCUT2D eigenvalue weighted by Gasteiger charge is -2.36. The molecular weight excluding hydrogens is 418 g/mol. The first-order chi connectivity index (χ1) is 13.5. The molecule has 0 radical (unpaired) electrons. The molecule has 3 aromatic rings. The third-order valence-corrected chi connectivity index (χ3v) is 5.43. The highest BCUT2D eigenvalue weighted by Gasteiger charge is 2.25. The van der Waals surface area contributed by atoms with Crippen LogP contribution in [0.15, 0.2) is 53.3 Å². The summed E-state index contributed by atoms with van der Waals surface area (Å²) in [6.07, 6.45) is 3.68. The van der Waals surface area contributed by atoms with Gasteiger partial charge < -0.3 is 15.1 Å². The highest BCUT2D eigenvalue weighted by Crippen LogP contribution is 2.25. The Balaban J connectivity index is 1.48. The number of piperazine rings is 1. The van der Waals surface area contributed by atoms with E-state index in [4.69, 9.17) is 0 Å². The predicted molar refractivity (Wildman–Crippen MR) is 117 cm³/mol. The van der Waals surface area contributed by atoms with Gasteiger partial charge in [-0.25, -0.2) is 9.78 Å². The number of rotatable bonds is 3. The zero-order chi connectivity index (χ0) is 19.7. The minimum Gasteiger partial charge on any atom is -0.380 e. The van der Waals surface area contributed by atoms with E-state index in [-0.39, 0.29) is 6.03 Å². The molecule has 1 aliphatic rings. The number of amides is 1.